The number of carbonyl (C=O) groups excluding carboxylic acids is 1. The van der Waals surface area contributed by atoms with Crippen molar-refractivity contribution in [3.05, 3.63) is 60.2 Å². The van der Waals surface area contributed by atoms with E-state index in [1.807, 2.05) is 24.3 Å². The molecule has 8 heteroatoms. The number of ether oxygens (including phenoxy) is 1. The van der Waals surface area contributed by atoms with Crippen LogP contribution in [0.4, 0.5) is 0 Å². The Kier molecular flexibility index (Phi) is 6.88. The van der Waals surface area contributed by atoms with Crippen molar-refractivity contribution in [1.82, 2.24) is 10.1 Å². The first-order valence-corrected chi connectivity index (χ1v) is 9.39. The van der Waals surface area contributed by atoms with E-state index in [2.05, 4.69) is 15.2 Å². The fourth-order valence-electron chi connectivity index (χ4n) is 2.21. The number of methoxy groups -OCH3 is 1. The number of rotatable bonds is 8. The van der Waals surface area contributed by atoms with E-state index in [0.29, 0.717) is 12.1 Å². The quantitative estimate of drug-likeness (QED) is 0.542. The normalized spacial score (nSPS) is 11.8. The molecule has 0 atom stereocenters. The average molecular weight is 375 g/mol. The third kappa shape index (κ3) is 5.68. The molecule has 0 saturated heterocycles. The van der Waals surface area contributed by atoms with Crippen LogP contribution in [0.3, 0.4) is 0 Å². The second kappa shape index (κ2) is 9.12. The van der Waals surface area contributed by atoms with Crippen molar-refractivity contribution in [3.63, 3.8) is 0 Å². The summed E-state index contributed by atoms with van der Waals surface area (Å²) in [4.78, 5) is 11.9. The molecule has 26 heavy (non-hydrogen) atoms. The van der Waals surface area contributed by atoms with Gasteiger partial charge in [-0.3, -0.25) is 4.79 Å². The zero-order valence-electron chi connectivity index (χ0n) is 14.6. The standard InChI is InChI=1S/C18H21N3O4S/c1-14(12-15-8-6-7-11-17(15)25-2)20-21-18(22)13-19-26(23,24)16-9-4-3-5-10-16/h3-11,19H,12-13H2,1-2H3,(H,21,22)/b20-14-. The van der Waals surface area contributed by atoms with Crippen molar-refractivity contribution in [3.8, 4) is 5.75 Å². The maximum Gasteiger partial charge on any atom is 0.255 e. The van der Waals surface area contributed by atoms with Crippen molar-refractivity contribution in [1.29, 1.82) is 0 Å². The summed E-state index contributed by atoms with van der Waals surface area (Å²) in [6.07, 6.45) is 0.500. The third-order valence-electron chi connectivity index (χ3n) is 3.49. The minimum absolute atomic E-state index is 0.101. The average Bonchev–Trinajstić information content (AvgIpc) is 2.66. The van der Waals surface area contributed by atoms with E-state index in [9.17, 15) is 13.2 Å². The van der Waals surface area contributed by atoms with Crippen LogP contribution in [0.25, 0.3) is 0 Å². The highest BCUT2D eigenvalue weighted by molar-refractivity contribution is 7.89. The van der Waals surface area contributed by atoms with Gasteiger partial charge in [-0.2, -0.15) is 5.10 Å². The number of sulfonamides is 1. The fourth-order valence-corrected chi connectivity index (χ4v) is 3.21. The highest BCUT2D eigenvalue weighted by atomic mass is 32.2. The van der Waals surface area contributed by atoms with Gasteiger partial charge in [0.1, 0.15) is 5.75 Å². The summed E-state index contributed by atoms with van der Waals surface area (Å²) >= 11 is 0. The van der Waals surface area contributed by atoms with Gasteiger partial charge in [-0.05, 0) is 30.7 Å². The Balaban J connectivity index is 1.88. The lowest BCUT2D eigenvalue weighted by molar-refractivity contribution is -0.119. The van der Waals surface area contributed by atoms with Gasteiger partial charge in [0.05, 0.1) is 18.6 Å². The van der Waals surface area contributed by atoms with Crippen molar-refractivity contribution < 1.29 is 17.9 Å². The number of para-hydroxylation sites is 1. The Bertz CT molecular complexity index is 880. The van der Waals surface area contributed by atoms with E-state index in [1.54, 1.807) is 32.2 Å². The minimum atomic E-state index is -3.73. The van der Waals surface area contributed by atoms with Gasteiger partial charge in [0, 0.05) is 12.1 Å². The van der Waals surface area contributed by atoms with Gasteiger partial charge in [0.15, 0.2) is 0 Å². The number of hydrogen-bond acceptors (Lipinski definition) is 5. The van der Waals surface area contributed by atoms with Gasteiger partial charge < -0.3 is 4.74 Å². The van der Waals surface area contributed by atoms with Gasteiger partial charge >= 0.3 is 0 Å². The van der Waals surface area contributed by atoms with E-state index in [1.165, 1.54) is 12.1 Å². The first-order chi connectivity index (χ1) is 12.4. The highest BCUT2D eigenvalue weighted by Crippen LogP contribution is 2.17. The first kappa shape index (κ1) is 19.6. The van der Waals surface area contributed by atoms with Crippen molar-refractivity contribution in [2.45, 2.75) is 18.2 Å². The molecule has 2 N–H and O–H groups in total. The molecule has 0 unspecified atom stereocenters. The number of hydrogen-bond donors (Lipinski definition) is 2. The number of carbonyl (C=O) groups is 1. The number of hydrazone groups is 1. The third-order valence-corrected chi connectivity index (χ3v) is 4.90. The van der Waals surface area contributed by atoms with Crippen LogP contribution in [-0.4, -0.2) is 33.7 Å². The van der Waals surface area contributed by atoms with Crippen LogP contribution < -0.4 is 14.9 Å². The van der Waals surface area contributed by atoms with E-state index in [-0.39, 0.29) is 4.90 Å². The molecule has 0 fully saturated rings. The van der Waals surface area contributed by atoms with Crippen LogP contribution >= 0.6 is 0 Å². The topological polar surface area (TPSA) is 96.9 Å². The van der Waals surface area contributed by atoms with Gasteiger partial charge in [0.25, 0.3) is 5.91 Å². The van der Waals surface area contributed by atoms with Crippen LogP contribution in [0.5, 0.6) is 5.75 Å². The molecule has 0 saturated carbocycles. The second-order valence-corrected chi connectivity index (χ2v) is 7.28. The number of nitrogens with one attached hydrogen (secondary N) is 2. The van der Waals surface area contributed by atoms with E-state index >= 15 is 0 Å². The smallest absolute Gasteiger partial charge is 0.255 e. The molecule has 0 aliphatic carbocycles. The molecule has 2 rings (SSSR count). The number of benzene rings is 2. The molecule has 0 spiro atoms. The molecule has 138 valence electrons. The van der Waals surface area contributed by atoms with E-state index < -0.39 is 22.5 Å². The van der Waals surface area contributed by atoms with Crippen LogP contribution in [0.2, 0.25) is 0 Å². The van der Waals surface area contributed by atoms with Gasteiger partial charge in [-0.15, -0.1) is 0 Å². The highest BCUT2D eigenvalue weighted by Gasteiger charge is 2.14. The van der Waals surface area contributed by atoms with Crippen LogP contribution in [-0.2, 0) is 21.2 Å². The Morgan fingerprint density at radius 3 is 2.42 bits per heavy atom. The molecule has 0 radical (unpaired) electrons. The largest absolute Gasteiger partial charge is 0.496 e. The SMILES string of the molecule is COc1ccccc1C/C(C)=N\NC(=O)CNS(=O)(=O)c1ccccc1. The molecule has 7 nitrogen and oxygen atoms in total. The summed E-state index contributed by atoms with van der Waals surface area (Å²) < 4.78 is 31.6. The molecule has 0 bridgehead atoms. The molecule has 1 amide bonds. The van der Waals surface area contributed by atoms with Crippen LogP contribution in [0, 0.1) is 0 Å². The zero-order chi connectivity index (χ0) is 19.0. The fraction of sp³-hybridized carbons (Fsp3) is 0.222. The maximum absolute atomic E-state index is 12.0. The Morgan fingerprint density at radius 2 is 1.73 bits per heavy atom. The summed E-state index contributed by atoms with van der Waals surface area (Å²) in [6, 6.07) is 15.4. The summed E-state index contributed by atoms with van der Waals surface area (Å²) in [7, 11) is -2.14. The summed E-state index contributed by atoms with van der Waals surface area (Å²) in [5, 5.41) is 3.99. The zero-order valence-corrected chi connectivity index (χ0v) is 15.4. The Morgan fingerprint density at radius 1 is 1.08 bits per heavy atom. The van der Waals surface area contributed by atoms with Crippen molar-refractivity contribution >= 4 is 21.6 Å². The number of amides is 1. The van der Waals surface area contributed by atoms with Crippen molar-refractivity contribution in [2.24, 2.45) is 5.10 Å². The lowest BCUT2D eigenvalue weighted by Gasteiger charge is -2.08. The summed E-state index contributed by atoms with van der Waals surface area (Å²) in [5.41, 5.74) is 3.95. The molecular weight excluding hydrogens is 354 g/mol. The van der Waals surface area contributed by atoms with Gasteiger partial charge in [-0.1, -0.05) is 36.4 Å². The second-order valence-electron chi connectivity index (χ2n) is 5.51. The molecule has 0 heterocycles. The summed E-state index contributed by atoms with van der Waals surface area (Å²) in [5.74, 6) is 0.188. The van der Waals surface area contributed by atoms with E-state index in [0.717, 1.165) is 11.3 Å². The molecule has 0 aliphatic rings. The van der Waals surface area contributed by atoms with Gasteiger partial charge in [0.2, 0.25) is 10.0 Å². The lowest BCUT2D eigenvalue weighted by atomic mass is 10.1. The van der Waals surface area contributed by atoms with Crippen LogP contribution in [0.15, 0.2) is 64.6 Å². The Labute approximate surface area is 153 Å². The monoisotopic (exact) mass is 375 g/mol. The summed E-state index contributed by atoms with van der Waals surface area (Å²) in [6.45, 7) is 1.36. The van der Waals surface area contributed by atoms with Crippen LogP contribution in [0.1, 0.15) is 12.5 Å². The van der Waals surface area contributed by atoms with E-state index in [4.69, 9.17) is 4.74 Å². The van der Waals surface area contributed by atoms with Crippen molar-refractivity contribution in [2.75, 3.05) is 13.7 Å². The molecular formula is C18H21N3O4S. The molecule has 2 aromatic carbocycles. The molecule has 0 aliphatic heterocycles. The number of nitrogens with zero attached hydrogens (tertiary/aromatic N) is 1. The Hall–Kier alpha value is -2.71. The van der Waals surface area contributed by atoms with Gasteiger partial charge in [-0.25, -0.2) is 18.6 Å². The molecule has 2 aromatic rings. The predicted octanol–water partition coefficient (Wildman–Crippen LogP) is 1.71. The maximum atomic E-state index is 12.0. The predicted molar refractivity (Wildman–Crippen MR) is 99.6 cm³/mol. The first-order valence-electron chi connectivity index (χ1n) is 7.91. The molecule has 0 aromatic heterocycles. The lowest BCUT2D eigenvalue weighted by Crippen LogP contribution is -2.35. The minimum Gasteiger partial charge on any atom is -0.496 e.